The van der Waals surface area contributed by atoms with Crippen LogP contribution in [0.4, 0.5) is 0 Å². The Morgan fingerprint density at radius 3 is 2.75 bits per heavy atom. The number of nitrogens with two attached hydrogens (primary N) is 1. The summed E-state index contributed by atoms with van der Waals surface area (Å²) in [6, 6.07) is 0. The zero-order valence-corrected chi connectivity index (χ0v) is 5.10. The van der Waals surface area contributed by atoms with Crippen molar-refractivity contribution in [3.05, 3.63) is 12.2 Å². The van der Waals surface area contributed by atoms with E-state index in [4.69, 9.17) is 17.3 Å². The van der Waals surface area contributed by atoms with Gasteiger partial charge < -0.3 is 5.73 Å². The molecule has 0 bridgehead atoms. The molecule has 0 saturated carbocycles. The van der Waals surface area contributed by atoms with Crippen LogP contribution >= 0.6 is 11.6 Å². The second-order valence-electron chi connectivity index (χ2n) is 1.78. The summed E-state index contributed by atoms with van der Waals surface area (Å²) in [7, 11) is 0. The van der Waals surface area contributed by atoms with Gasteiger partial charge in [0.05, 0.1) is 6.54 Å². The van der Waals surface area contributed by atoms with E-state index in [1.54, 1.807) is 18.4 Å². The molecule has 2 nitrogen and oxygen atoms in total. The smallest absolute Gasteiger partial charge is 0.130 e. The molecule has 1 heterocycles. The maximum absolute atomic E-state index is 5.65. The Kier molecular flexibility index (Phi) is 1.36. The standard InChI is InChI=1S/C5H7ClN2/c6-5(7)2-1-3-8-4-5/h1-3H,4,7H2. The SMILES string of the molecule is NC1(Cl)C=CC=NC1. The van der Waals surface area contributed by atoms with Gasteiger partial charge in [-0.25, -0.2) is 0 Å². The van der Waals surface area contributed by atoms with E-state index in [2.05, 4.69) is 4.99 Å². The average Bonchev–Trinajstić information content (AvgIpc) is 1.65. The van der Waals surface area contributed by atoms with Gasteiger partial charge in [0.2, 0.25) is 0 Å². The fourth-order valence-electron chi connectivity index (χ4n) is 0.509. The van der Waals surface area contributed by atoms with Crippen LogP contribution in [-0.2, 0) is 0 Å². The molecule has 0 spiro atoms. The van der Waals surface area contributed by atoms with Gasteiger partial charge in [0.25, 0.3) is 0 Å². The molecule has 0 fully saturated rings. The second-order valence-corrected chi connectivity index (χ2v) is 2.48. The lowest BCUT2D eigenvalue weighted by Gasteiger charge is -2.15. The number of halogens is 1. The summed E-state index contributed by atoms with van der Waals surface area (Å²) < 4.78 is 0. The molecule has 0 aromatic rings. The van der Waals surface area contributed by atoms with Crippen molar-refractivity contribution in [2.75, 3.05) is 6.54 Å². The van der Waals surface area contributed by atoms with Crippen molar-refractivity contribution in [1.82, 2.24) is 0 Å². The Morgan fingerprint density at radius 1 is 1.75 bits per heavy atom. The second kappa shape index (κ2) is 1.88. The van der Waals surface area contributed by atoms with E-state index in [1.807, 2.05) is 0 Å². The summed E-state index contributed by atoms with van der Waals surface area (Å²) in [5.41, 5.74) is 5.44. The number of dihydropyridines is 1. The van der Waals surface area contributed by atoms with E-state index in [0.717, 1.165) is 0 Å². The summed E-state index contributed by atoms with van der Waals surface area (Å²) in [5.74, 6) is 0. The molecule has 8 heavy (non-hydrogen) atoms. The van der Waals surface area contributed by atoms with Crippen molar-refractivity contribution in [3.8, 4) is 0 Å². The molecule has 0 radical (unpaired) electrons. The summed E-state index contributed by atoms with van der Waals surface area (Å²) >= 11 is 5.65. The van der Waals surface area contributed by atoms with Gasteiger partial charge >= 0.3 is 0 Å². The van der Waals surface area contributed by atoms with Crippen LogP contribution < -0.4 is 5.73 Å². The average molecular weight is 131 g/mol. The van der Waals surface area contributed by atoms with Gasteiger partial charge in [0.15, 0.2) is 0 Å². The highest BCUT2D eigenvalue weighted by molar-refractivity contribution is 6.25. The molecule has 0 saturated heterocycles. The monoisotopic (exact) mass is 130 g/mol. The van der Waals surface area contributed by atoms with E-state index in [9.17, 15) is 0 Å². The van der Waals surface area contributed by atoms with E-state index < -0.39 is 5.00 Å². The Bertz CT molecular complexity index is 137. The van der Waals surface area contributed by atoms with Crippen LogP contribution in [-0.4, -0.2) is 17.8 Å². The molecule has 0 aromatic heterocycles. The first-order valence-electron chi connectivity index (χ1n) is 2.36. The zero-order chi connectivity index (χ0) is 6.04. The first-order valence-corrected chi connectivity index (χ1v) is 2.74. The van der Waals surface area contributed by atoms with Crippen LogP contribution in [0, 0.1) is 0 Å². The number of aliphatic imine (C=N–C) groups is 1. The van der Waals surface area contributed by atoms with Gasteiger partial charge in [-0.05, 0) is 12.2 Å². The first-order chi connectivity index (χ1) is 3.71. The van der Waals surface area contributed by atoms with Crippen LogP contribution in [0.25, 0.3) is 0 Å². The quantitative estimate of drug-likeness (QED) is 0.377. The highest BCUT2D eigenvalue weighted by Crippen LogP contribution is 2.10. The molecule has 0 aliphatic carbocycles. The lowest BCUT2D eigenvalue weighted by molar-refractivity contribution is 0.743. The van der Waals surface area contributed by atoms with E-state index in [-0.39, 0.29) is 0 Å². The Hall–Kier alpha value is -0.340. The summed E-state index contributed by atoms with van der Waals surface area (Å²) in [5, 5.41) is 0. The maximum Gasteiger partial charge on any atom is 0.130 e. The number of hydrogen-bond acceptors (Lipinski definition) is 2. The van der Waals surface area contributed by atoms with Crippen molar-refractivity contribution in [3.63, 3.8) is 0 Å². The van der Waals surface area contributed by atoms with Gasteiger partial charge in [0, 0.05) is 6.21 Å². The van der Waals surface area contributed by atoms with Crippen LogP contribution in [0.15, 0.2) is 17.1 Å². The first kappa shape index (κ1) is 5.79. The van der Waals surface area contributed by atoms with Crippen LogP contribution in [0.5, 0.6) is 0 Å². The van der Waals surface area contributed by atoms with E-state index in [0.29, 0.717) is 6.54 Å². The van der Waals surface area contributed by atoms with Crippen molar-refractivity contribution in [2.24, 2.45) is 10.7 Å². The number of hydrogen-bond donors (Lipinski definition) is 1. The number of rotatable bonds is 0. The molecule has 1 unspecified atom stereocenters. The molecular weight excluding hydrogens is 124 g/mol. The number of alkyl halides is 1. The minimum absolute atomic E-state index is 0.477. The van der Waals surface area contributed by atoms with Gasteiger partial charge in [-0.2, -0.15) is 0 Å². The summed E-state index contributed by atoms with van der Waals surface area (Å²) in [6.45, 7) is 0.477. The minimum atomic E-state index is -0.727. The lowest BCUT2D eigenvalue weighted by Crippen LogP contribution is -2.35. The third kappa shape index (κ3) is 1.32. The largest absolute Gasteiger partial charge is 0.308 e. The van der Waals surface area contributed by atoms with Crippen molar-refractivity contribution in [2.45, 2.75) is 5.00 Å². The Labute approximate surface area is 53.0 Å². The molecule has 0 amide bonds. The van der Waals surface area contributed by atoms with Crippen LogP contribution in [0.2, 0.25) is 0 Å². The Morgan fingerprint density at radius 2 is 2.50 bits per heavy atom. The van der Waals surface area contributed by atoms with E-state index in [1.165, 1.54) is 0 Å². The molecule has 1 aliphatic heterocycles. The molecule has 0 aromatic carbocycles. The molecule has 1 rings (SSSR count). The van der Waals surface area contributed by atoms with Crippen LogP contribution in [0.3, 0.4) is 0 Å². The van der Waals surface area contributed by atoms with Crippen molar-refractivity contribution < 1.29 is 0 Å². The summed E-state index contributed by atoms with van der Waals surface area (Å²) in [4.78, 5) is 3.13. The van der Waals surface area contributed by atoms with Crippen molar-refractivity contribution >= 4 is 17.8 Å². The normalized spacial score (nSPS) is 35.8. The molecule has 3 heteroatoms. The fourth-order valence-corrected chi connectivity index (χ4v) is 0.651. The molecule has 1 aliphatic rings. The molecular formula is C5H7ClN2. The van der Waals surface area contributed by atoms with Gasteiger partial charge in [-0.3, -0.25) is 4.99 Å². The van der Waals surface area contributed by atoms with Gasteiger partial charge in [-0.1, -0.05) is 11.6 Å². The van der Waals surface area contributed by atoms with Crippen LogP contribution in [0.1, 0.15) is 0 Å². The van der Waals surface area contributed by atoms with Gasteiger partial charge in [0.1, 0.15) is 5.00 Å². The number of nitrogens with zero attached hydrogens (tertiary/aromatic N) is 1. The van der Waals surface area contributed by atoms with Gasteiger partial charge in [-0.15, -0.1) is 0 Å². The highest BCUT2D eigenvalue weighted by atomic mass is 35.5. The Balaban J connectivity index is 2.65. The zero-order valence-electron chi connectivity index (χ0n) is 4.34. The predicted molar refractivity (Wildman–Crippen MR) is 35.3 cm³/mol. The molecule has 1 atom stereocenters. The third-order valence-electron chi connectivity index (χ3n) is 0.898. The molecule has 2 N–H and O–H groups in total. The highest BCUT2D eigenvalue weighted by Gasteiger charge is 2.16. The predicted octanol–water partition coefficient (Wildman–Crippen LogP) is 0.521. The van der Waals surface area contributed by atoms with E-state index >= 15 is 0 Å². The minimum Gasteiger partial charge on any atom is -0.308 e. The van der Waals surface area contributed by atoms with Crippen molar-refractivity contribution in [1.29, 1.82) is 0 Å². The molecule has 44 valence electrons. The third-order valence-corrected chi connectivity index (χ3v) is 1.14. The fraction of sp³-hybridized carbons (Fsp3) is 0.400. The lowest BCUT2D eigenvalue weighted by atomic mass is 10.2. The number of allylic oxidation sites excluding steroid dienone is 1. The topological polar surface area (TPSA) is 38.4 Å². The maximum atomic E-state index is 5.65. The summed E-state index contributed by atoms with van der Waals surface area (Å²) in [6.07, 6.45) is 5.16.